The Morgan fingerprint density at radius 1 is 1.35 bits per heavy atom. The van der Waals surface area contributed by atoms with Crippen molar-refractivity contribution < 1.29 is 18.3 Å². The Balaban J connectivity index is 2.24. The van der Waals surface area contributed by atoms with Crippen molar-refractivity contribution in [3.05, 3.63) is 27.7 Å². The summed E-state index contributed by atoms with van der Waals surface area (Å²) in [4.78, 5) is 10.9. The van der Waals surface area contributed by atoms with Gasteiger partial charge >= 0.3 is 5.97 Å². The Morgan fingerprint density at radius 2 is 1.95 bits per heavy atom. The van der Waals surface area contributed by atoms with Crippen LogP contribution in [0.3, 0.4) is 0 Å². The van der Waals surface area contributed by atoms with Crippen LogP contribution in [0.15, 0.2) is 17.0 Å². The second-order valence-corrected chi connectivity index (χ2v) is 7.41. The molecule has 0 aromatic heterocycles. The molecular formula is C12H13Cl2NO4S. The highest BCUT2D eigenvalue weighted by Gasteiger charge is 2.50. The van der Waals surface area contributed by atoms with Crippen molar-refractivity contribution in [2.24, 2.45) is 5.41 Å². The van der Waals surface area contributed by atoms with Gasteiger partial charge in [0.1, 0.15) is 4.90 Å². The molecule has 1 aliphatic carbocycles. The number of benzene rings is 1. The smallest absolute Gasteiger partial charge is 0.310 e. The van der Waals surface area contributed by atoms with E-state index in [2.05, 4.69) is 4.72 Å². The first-order valence-electron chi connectivity index (χ1n) is 5.87. The van der Waals surface area contributed by atoms with Gasteiger partial charge in [0, 0.05) is 6.54 Å². The number of rotatable bonds is 5. The van der Waals surface area contributed by atoms with Crippen molar-refractivity contribution in [3.63, 3.8) is 0 Å². The van der Waals surface area contributed by atoms with Crippen LogP contribution in [-0.2, 0) is 14.8 Å². The van der Waals surface area contributed by atoms with Crippen LogP contribution in [0, 0.1) is 12.3 Å². The average molecular weight is 338 g/mol. The fraction of sp³-hybridized carbons (Fsp3) is 0.417. The quantitative estimate of drug-likeness (QED) is 0.864. The number of halogens is 2. The van der Waals surface area contributed by atoms with E-state index in [-0.39, 0.29) is 21.5 Å². The van der Waals surface area contributed by atoms with Crippen molar-refractivity contribution >= 4 is 39.2 Å². The molecule has 0 atom stereocenters. The van der Waals surface area contributed by atoms with E-state index in [4.69, 9.17) is 28.3 Å². The topological polar surface area (TPSA) is 83.5 Å². The van der Waals surface area contributed by atoms with Crippen LogP contribution < -0.4 is 4.72 Å². The van der Waals surface area contributed by atoms with Gasteiger partial charge in [-0.2, -0.15) is 0 Å². The predicted octanol–water partition coefficient (Wildman–Crippen LogP) is 2.44. The summed E-state index contributed by atoms with van der Waals surface area (Å²) in [5.74, 6) is -0.992. The molecule has 0 heterocycles. The first-order valence-corrected chi connectivity index (χ1v) is 8.11. The Kier molecular flexibility index (Phi) is 4.03. The highest BCUT2D eigenvalue weighted by atomic mass is 35.5. The monoisotopic (exact) mass is 337 g/mol. The zero-order chi connectivity index (χ0) is 15.1. The number of hydrogen-bond donors (Lipinski definition) is 2. The maximum atomic E-state index is 12.2. The fourth-order valence-electron chi connectivity index (χ4n) is 1.76. The molecule has 0 bridgehead atoms. The van der Waals surface area contributed by atoms with E-state index in [1.165, 1.54) is 6.07 Å². The number of aryl methyl sites for hydroxylation is 1. The molecule has 0 unspecified atom stereocenters. The van der Waals surface area contributed by atoms with Crippen LogP contribution >= 0.6 is 23.2 Å². The van der Waals surface area contributed by atoms with Crippen LogP contribution in [-0.4, -0.2) is 26.0 Å². The van der Waals surface area contributed by atoms with E-state index in [9.17, 15) is 13.2 Å². The zero-order valence-electron chi connectivity index (χ0n) is 10.6. The average Bonchev–Trinajstić information content (AvgIpc) is 3.14. The third kappa shape index (κ3) is 2.79. The minimum Gasteiger partial charge on any atom is -0.481 e. The number of carboxylic acids is 1. The van der Waals surface area contributed by atoms with Gasteiger partial charge in [-0.3, -0.25) is 4.79 Å². The van der Waals surface area contributed by atoms with Gasteiger partial charge in [0.15, 0.2) is 0 Å². The Hall–Kier alpha value is -0.820. The molecule has 2 N–H and O–H groups in total. The normalized spacial score (nSPS) is 16.9. The summed E-state index contributed by atoms with van der Waals surface area (Å²) >= 11 is 11.9. The van der Waals surface area contributed by atoms with E-state index in [1.54, 1.807) is 13.0 Å². The minimum absolute atomic E-state index is 0.0562. The van der Waals surface area contributed by atoms with Crippen LogP contribution in [0.4, 0.5) is 0 Å². The van der Waals surface area contributed by atoms with Crippen LogP contribution in [0.25, 0.3) is 0 Å². The molecule has 1 aliphatic rings. The van der Waals surface area contributed by atoms with E-state index >= 15 is 0 Å². The molecule has 0 aliphatic heterocycles. The van der Waals surface area contributed by atoms with Crippen molar-refractivity contribution in [2.75, 3.05) is 6.54 Å². The summed E-state index contributed by atoms with van der Waals surface area (Å²) in [5, 5.41) is 9.14. The lowest BCUT2D eigenvalue weighted by molar-refractivity contribution is -0.143. The number of sulfonamides is 1. The van der Waals surface area contributed by atoms with Crippen molar-refractivity contribution in [2.45, 2.75) is 24.7 Å². The van der Waals surface area contributed by atoms with Gasteiger partial charge in [0.05, 0.1) is 15.5 Å². The molecule has 1 saturated carbocycles. The number of aliphatic carboxylic acids is 1. The molecule has 20 heavy (non-hydrogen) atoms. The van der Waals surface area contributed by atoms with Crippen molar-refractivity contribution in [1.29, 1.82) is 0 Å². The first kappa shape index (κ1) is 15.6. The summed E-state index contributed by atoms with van der Waals surface area (Å²) < 4.78 is 26.6. The van der Waals surface area contributed by atoms with Crippen molar-refractivity contribution in [1.82, 2.24) is 4.72 Å². The number of carboxylic acid groups (broad SMARTS) is 1. The SMILES string of the molecule is Cc1ccc(S(=O)(=O)NCC2(C(=O)O)CC2)c(Cl)c1Cl. The molecule has 8 heteroatoms. The van der Waals surface area contributed by atoms with Gasteiger partial charge in [-0.25, -0.2) is 13.1 Å². The largest absolute Gasteiger partial charge is 0.481 e. The summed E-state index contributed by atoms with van der Waals surface area (Å²) in [7, 11) is -3.89. The summed E-state index contributed by atoms with van der Waals surface area (Å²) in [6.07, 6.45) is 0.931. The lowest BCUT2D eigenvalue weighted by Gasteiger charge is -2.13. The van der Waals surface area contributed by atoms with Gasteiger partial charge in [0.2, 0.25) is 10.0 Å². The number of hydrogen-bond acceptors (Lipinski definition) is 3. The van der Waals surface area contributed by atoms with Gasteiger partial charge in [-0.05, 0) is 31.4 Å². The molecule has 110 valence electrons. The van der Waals surface area contributed by atoms with Crippen LogP contribution in [0.2, 0.25) is 10.0 Å². The minimum atomic E-state index is -3.89. The molecule has 2 rings (SSSR count). The van der Waals surface area contributed by atoms with E-state index in [0.717, 1.165) is 0 Å². The summed E-state index contributed by atoms with van der Waals surface area (Å²) in [6.45, 7) is 1.56. The van der Waals surface area contributed by atoms with Crippen molar-refractivity contribution in [3.8, 4) is 0 Å². The highest BCUT2D eigenvalue weighted by molar-refractivity contribution is 7.89. The van der Waals surface area contributed by atoms with Gasteiger partial charge < -0.3 is 5.11 Å². The second-order valence-electron chi connectivity index (χ2n) is 4.92. The van der Waals surface area contributed by atoms with E-state index < -0.39 is 21.4 Å². The Labute approximate surface area is 126 Å². The fourth-order valence-corrected chi connectivity index (χ4v) is 3.71. The second kappa shape index (κ2) is 5.18. The van der Waals surface area contributed by atoms with Gasteiger partial charge in [-0.1, -0.05) is 29.3 Å². The summed E-state index contributed by atoms with van der Waals surface area (Å²) in [6, 6.07) is 2.90. The predicted molar refractivity (Wildman–Crippen MR) is 75.7 cm³/mol. The number of carbonyl (C=O) groups is 1. The first-order chi connectivity index (χ1) is 9.19. The maximum Gasteiger partial charge on any atom is 0.310 e. The Bertz CT molecular complexity index is 668. The lowest BCUT2D eigenvalue weighted by Crippen LogP contribution is -2.34. The van der Waals surface area contributed by atoms with E-state index in [1.807, 2.05) is 0 Å². The number of nitrogens with one attached hydrogen (secondary N) is 1. The Morgan fingerprint density at radius 3 is 2.45 bits per heavy atom. The third-order valence-corrected chi connectivity index (χ3v) is 5.97. The maximum absolute atomic E-state index is 12.2. The molecule has 0 radical (unpaired) electrons. The molecule has 1 fully saturated rings. The zero-order valence-corrected chi connectivity index (χ0v) is 12.9. The van der Waals surface area contributed by atoms with E-state index in [0.29, 0.717) is 18.4 Å². The van der Waals surface area contributed by atoms with Gasteiger partial charge in [-0.15, -0.1) is 0 Å². The molecule has 5 nitrogen and oxygen atoms in total. The molecule has 0 saturated heterocycles. The molecule has 1 aromatic carbocycles. The highest BCUT2D eigenvalue weighted by Crippen LogP contribution is 2.45. The molecule has 0 spiro atoms. The standard InChI is InChI=1S/C12H13Cl2NO4S/c1-7-2-3-8(10(14)9(7)13)20(18,19)15-6-12(4-5-12)11(16)17/h2-3,15H,4-6H2,1H3,(H,16,17). The molecule has 0 amide bonds. The molecular weight excluding hydrogens is 325 g/mol. The molecule has 1 aromatic rings. The van der Waals surface area contributed by atoms with Gasteiger partial charge in [0.25, 0.3) is 0 Å². The summed E-state index contributed by atoms with van der Waals surface area (Å²) in [5.41, 5.74) is -0.312. The lowest BCUT2D eigenvalue weighted by atomic mass is 10.1. The van der Waals surface area contributed by atoms with Crippen LogP contribution in [0.5, 0.6) is 0 Å². The third-order valence-electron chi connectivity index (χ3n) is 3.44. The van der Waals surface area contributed by atoms with Crippen LogP contribution in [0.1, 0.15) is 18.4 Å².